The van der Waals surface area contributed by atoms with E-state index in [9.17, 15) is 23.6 Å². The van der Waals surface area contributed by atoms with Crippen molar-refractivity contribution < 1.29 is 23.6 Å². The molecule has 0 saturated heterocycles. The Balaban J connectivity index is 1.69. The molecule has 1 unspecified atom stereocenters. The molecular weight excluding hydrogens is 436 g/mol. The van der Waals surface area contributed by atoms with E-state index >= 15 is 0 Å². The van der Waals surface area contributed by atoms with Gasteiger partial charge in [-0.2, -0.15) is 0 Å². The van der Waals surface area contributed by atoms with Crippen LogP contribution in [0.3, 0.4) is 0 Å². The van der Waals surface area contributed by atoms with Gasteiger partial charge in [0.25, 0.3) is 11.8 Å². The maximum Gasteiger partial charge on any atom is 0.262 e. The van der Waals surface area contributed by atoms with Gasteiger partial charge in [-0.15, -0.1) is 0 Å². The monoisotopic (exact) mass is 451 g/mol. The Bertz CT molecular complexity index is 1040. The number of likely N-dealkylation sites (N-methyl/N-ethyl adjacent to an activating group) is 1. The third-order valence-corrected chi connectivity index (χ3v) is 5.29. The third-order valence-electron chi connectivity index (χ3n) is 4.57. The van der Waals surface area contributed by atoms with Crippen LogP contribution in [0.5, 0.6) is 0 Å². The van der Waals surface area contributed by atoms with Gasteiger partial charge in [0.1, 0.15) is 11.9 Å². The topological polar surface area (TPSA) is 86.8 Å². The van der Waals surface area contributed by atoms with Crippen LogP contribution in [0.2, 0.25) is 10.0 Å². The molecule has 1 heterocycles. The summed E-state index contributed by atoms with van der Waals surface area (Å²) in [6.45, 7) is 1.02. The second-order valence-electron chi connectivity index (χ2n) is 6.72. The van der Waals surface area contributed by atoms with Gasteiger partial charge in [0.2, 0.25) is 11.8 Å². The average molecular weight is 452 g/mol. The lowest BCUT2D eigenvalue weighted by Crippen LogP contribution is -2.49. The lowest BCUT2D eigenvalue weighted by atomic mass is 10.1. The van der Waals surface area contributed by atoms with Crippen LogP contribution in [0.25, 0.3) is 0 Å². The van der Waals surface area contributed by atoms with Gasteiger partial charge in [0.05, 0.1) is 27.7 Å². The molecule has 10 heteroatoms. The maximum atomic E-state index is 13.2. The zero-order valence-corrected chi connectivity index (χ0v) is 17.4. The highest BCUT2D eigenvalue weighted by atomic mass is 35.5. The normalized spacial score (nSPS) is 13.8. The molecule has 7 nitrogen and oxygen atoms in total. The summed E-state index contributed by atoms with van der Waals surface area (Å²) >= 11 is 11.8. The fourth-order valence-electron chi connectivity index (χ4n) is 3.09. The predicted octanol–water partition coefficient (Wildman–Crippen LogP) is 3.21. The molecule has 0 aromatic heterocycles. The van der Waals surface area contributed by atoms with Crippen LogP contribution in [0.1, 0.15) is 27.6 Å². The summed E-state index contributed by atoms with van der Waals surface area (Å²) in [6.07, 6.45) is 0. The predicted molar refractivity (Wildman–Crippen MR) is 109 cm³/mol. The van der Waals surface area contributed by atoms with Crippen molar-refractivity contribution in [1.29, 1.82) is 0 Å². The van der Waals surface area contributed by atoms with Crippen molar-refractivity contribution >= 4 is 52.5 Å². The number of rotatable bonds is 5. The van der Waals surface area contributed by atoms with Crippen LogP contribution in [0.15, 0.2) is 36.4 Å². The average Bonchev–Trinajstić information content (AvgIpc) is 2.91. The van der Waals surface area contributed by atoms with Crippen molar-refractivity contribution in [3.63, 3.8) is 0 Å². The second-order valence-corrected chi connectivity index (χ2v) is 7.54. The first-order chi connectivity index (χ1) is 14.1. The highest BCUT2D eigenvalue weighted by Gasteiger charge is 2.42. The molecule has 3 rings (SSSR count). The van der Waals surface area contributed by atoms with Crippen LogP contribution >= 0.6 is 23.2 Å². The van der Waals surface area contributed by atoms with E-state index in [-0.39, 0.29) is 33.4 Å². The highest BCUT2D eigenvalue weighted by Crippen LogP contribution is 2.32. The first-order valence-electron chi connectivity index (χ1n) is 8.77. The minimum atomic E-state index is -1.16. The first-order valence-corrected chi connectivity index (χ1v) is 9.53. The molecule has 1 atom stereocenters. The number of nitrogens with zero attached hydrogens (tertiary/aromatic N) is 2. The molecule has 2 aromatic rings. The zero-order valence-electron chi connectivity index (χ0n) is 15.9. The van der Waals surface area contributed by atoms with E-state index < -0.39 is 35.5 Å². The van der Waals surface area contributed by atoms with Crippen LogP contribution < -0.4 is 5.32 Å². The fourth-order valence-corrected chi connectivity index (χ4v) is 3.42. The van der Waals surface area contributed by atoms with Gasteiger partial charge >= 0.3 is 0 Å². The lowest BCUT2D eigenvalue weighted by Gasteiger charge is -2.26. The van der Waals surface area contributed by atoms with Crippen molar-refractivity contribution in [2.75, 3.05) is 18.9 Å². The molecule has 1 N–H and O–H groups in total. The Labute approximate surface area is 181 Å². The molecule has 1 aliphatic rings. The number of fused-ring (bicyclic) bond motifs is 1. The van der Waals surface area contributed by atoms with Crippen molar-refractivity contribution in [3.05, 3.63) is 63.4 Å². The highest BCUT2D eigenvalue weighted by molar-refractivity contribution is 6.43. The van der Waals surface area contributed by atoms with E-state index in [2.05, 4.69) is 5.32 Å². The summed E-state index contributed by atoms with van der Waals surface area (Å²) in [5.41, 5.74) is 0.351. The lowest BCUT2D eigenvalue weighted by molar-refractivity contribution is -0.136. The van der Waals surface area contributed by atoms with E-state index in [4.69, 9.17) is 23.2 Å². The van der Waals surface area contributed by atoms with Crippen LogP contribution in [0.4, 0.5) is 10.1 Å². The summed E-state index contributed by atoms with van der Waals surface area (Å²) in [6, 6.07) is 6.71. The largest absolute Gasteiger partial charge is 0.335 e. The van der Waals surface area contributed by atoms with E-state index in [1.807, 2.05) is 0 Å². The molecule has 30 heavy (non-hydrogen) atoms. The molecule has 0 fully saturated rings. The summed E-state index contributed by atoms with van der Waals surface area (Å²) in [7, 11) is 1.36. The second kappa shape index (κ2) is 8.41. The van der Waals surface area contributed by atoms with Gasteiger partial charge < -0.3 is 10.2 Å². The van der Waals surface area contributed by atoms with Crippen molar-refractivity contribution in [2.45, 2.75) is 13.0 Å². The van der Waals surface area contributed by atoms with Gasteiger partial charge in [-0.05, 0) is 37.3 Å². The number of amides is 4. The molecule has 0 radical (unpaired) electrons. The number of nitrogens with one attached hydrogen (secondary N) is 1. The summed E-state index contributed by atoms with van der Waals surface area (Å²) in [4.78, 5) is 52.1. The number of carbonyl (C=O) groups excluding carboxylic acids is 4. The quantitative estimate of drug-likeness (QED) is 0.706. The summed E-state index contributed by atoms with van der Waals surface area (Å²) in [5, 5.41) is 2.70. The smallest absolute Gasteiger partial charge is 0.262 e. The summed E-state index contributed by atoms with van der Waals surface area (Å²) < 4.78 is 13.2. The van der Waals surface area contributed by atoms with Crippen LogP contribution in [-0.2, 0) is 9.59 Å². The van der Waals surface area contributed by atoms with Gasteiger partial charge in [0.15, 0.2) is 0 Å². The van der Waals surface area contributed by atoms with Crippen molar-refractivity contribution in [2.24, 2.45) is 0 Å². The number of carbonyl (C=O) groups is 4. The fraction of sp³-hybridized carbons (Fsp3) is 0.200. The van der Waals surface area contributed by atoms with Gasteiger partial charge in [-0.3, -0.25) is 24.1 Å². The van der Waals surface area contributed by atoms with Crippen molar-refractivity contribution in [1.82, 2.24) is 9.80 Å². The van der Waals surface area contributed by atoms with E-state index in [0.717, 1.165) is 15.9 Å². The molecule has 0 bridgehead atoms. The minimum absolute atomic E-state index is 0.0561. The zero-order chi connectivity index (χ0) is 22.2. The number of hydrogen-bond acceptors (Lipinski definition) is 4. The Hall–Kier alpha value is -2.97. The Kier molecular flexibility index (Phi) is 6.09. The number of imide groups is 1. The Morgan fingerprint density at radius 2 is 1.67 bits per heavy atom. The van der Waals surface area contributed by atoms with E-state index in [0.29, 0.717) is 0 Å². The third kappa shape index (κ3) is 4.15. The number of anilines is 1. The number of benzene rings is 2. The molecular formula is C20H16Cl2FN3O4. The molecule has 1 aliphatic heterocycles. The number of halogens is 3. The first kappa shape index (κ1) is 21.7. The van der Waals surface area contributed by atoms with Gasteiger partial charge in [-0.25, -0.2) is 4.39 Å². The molecule has 0 aliphatic carbocycles. The van der Waals surface area contributed by atoms with Gasteiger partial charge in [0, 0.05) is 12.7 Å². The molecule has 4 amide bonds. The Morgan fingerprint density at radius 3 is 2.20 bits per heavy atom. The summed E-state index contributed by atoms with van der Waals surface area (Å²) in [5.74, 6) is -3.06. The molecule has 0 spiro atoms. The van der Waals surface area contributed by atoms with E-state index in [1.165, 1.54) is 44.3 Å². The SMILES string of the molecule is CC(C(=O)N(C)CC(=O)Nc1cccc(F)c1)N1C(=O)c2cc(Cl)c(Cl)cc2C1=O. The van der Waals surface area contributed by atoms with Crippen LogP contribution in [0, 0.1) is 5.82 Å². The molecule has 156 valence electrons. The maximum absolute atomic E-state index is 13.2. The van der Waals surface area contributed by atoms with Gasteiger partial charge in [-0.1, -0.05) is 29.3 Å². The minimum Gasteiger partial charge on any atom is -0.335 e. The molecule has 2 aromatic carbocycles. The van der Waals surface area contributed by atoms with Crippen LogP contribution in [-0.4, -0.2) is 53.1 Å². The van der Waals surface area contributed by atoms with E-state index in [1.54, 1.807) is 0 Å². The Morgan fingerprint density at radius 1 is 1.10 bits per heavy atom. The number of hydrogen-bond donors (Lipinski definition) is 1. The molecule has 0 saturated carbocycles. The van der Waals surface area contributed by atoms with Crippen molar-refractivity contribution in [3.8, 4) is 0 Å². The standard InChI is InChI=1S/C20H16Cl2FN3O4/c1-10(26-19(29)13-7-15(21)16(22)8-14(13)20(26)30)18(28)25(2)9-17(27)24-12-5-3-4-11(23)6-12/h3-8,10H,9H2,1-2H3,(H,24,27).